The van der Waals surface area contributed by atoms with Crippen molar-refractivity contribution < 1.29 is 13.2 Å². The third kappa shape index (κ3) is 4.52. The van der Waals surface area contributed by atoms with Crippen LogP contribution in [0.4, 0.5) is 24.7 Å². The molecule has 0 amide bonds. The molecular formula is C12H16BrF3N4. The SMILES string of the molecule is Nc1cc(Br)cnc1NCC1CCN(CC(F)(F)F)C1. The van der Waals surface area contributed by atoms with E-state index in [0.29, 0.717) is 31.1 Å². The molecule has 20 heavy (non-hydrogen) atoms. The van der Waals surface area contributed by atoms with Crippen molar-refractivity contribution in [1.29, 1.82) is 0 Å². The lowest BCUT2D eigenvalue weighted by molar-refractivity contribution is -0.143. The molecule has 0 bridgehead atoms. The van der Waals surface area contributed by atoms with Gasteiger partial charge in [0.25, 0.3) is 0 Å². The van der Waals surface area contributed by atoms with Crippen molar-refractivity contribution in [3.63, 3.8) is 0 Å². The second-order valence-corrected chi connectivity index (χ2v) is 5.89. The van der Waals surface area contributed by atoms with Crippen molar-refractivity contribution in [1.82, 2.24) is 9.88 Å². The van der Waals surface area contributed by atoms with E-state index >= 15 is 0 Å². The second-order valence-electron chi connectivity index (χ2n) is 4.98. The lowest BCUT2D eigenvalue weighted by atomic mass is 10.1. The number of halogens is 4. The third-order valence-electron chi connectivity index (χ3n) is 3.21. The fourth-order valence-electron chi connectivity index (χ4n) is 2.32. The molecule has 0 radical (unpaired) electrons. The molecular weight excluding hydrogens is 337 g/mol. The Morgan fingerprint density at radius 1 is 1.50 bits per heavy atom. The number of nitrogens with one attached hydrogen (secondary N) is 1. The first-order valence-corrected chi connectivity index (χ1v) is 7.07. The lowest BCUT2D eigenvalue weighted by Crippen LogP contribution is -2.33. The highest BCUT2D eigenvalue weighted by Gasteiger charge is 2.34. The number of likely N-dealkylation sites (tertiary alicyclic amines) is 1. The van der Waals surface area contributed by atoms with Gasteiger partial charge < -0.3 is 11.1 Å². The molecule has 0 saturated carbocycles. The number of pyridine rings is 1. The average molecular weight is 353 g/mol. The number of anilines is 2. The number of rotatable bonds is 4. The molecule has 0 aromatic carbocycles. The van der Waals surface area contributed by atoms with Crippen molar-refractivity contribution in [2.75, 3.05) is 37.2 Å². The Hall–Kier alpha value is -1.02. The molecule has 1 aliphatic rings. The minimum Gasteiger partial charge on any atom is -0.396 e. The first kappa shape index (κ1) is 15.4. The smallest absolute Gasteiger partial charge is 0.396 e. The molecule has 8 heteroatoms. The summed E-state index contributed by atoms with van der Waals surface area (Å²) in [5, 5.41) is 3.10. The molecule has 0 spiro atoms. The largest absolute Gasteiger partial charge is 0.401 e. The minimum absolute atomic E-state index is 0.183. The van der Waals surface area contributed by atoms with Gasteiger partial charge in [-0.05, 0) is 40.9 Å². The number of nitrogen functional groups attached to an aromatic ring is 1. The molecule has 1 unspecified atom stereocenters. The Balaban J connectivity index is 1.81. The molecule has 1 aromatic heterocycles. The van der Waals surface area contributed by atoms with E-state index in [1.807, 2.05) is 0 Å². The minimum atomic E-state index is -4.12. The lowest BCUT2D eigenvalue weighted by Gasteiger charge is -2.18. The van der Waals surface area contributed by atoms with Crippen molar-refractivity contribution in [2.45, 2.75) is 12.6 Å². The van der Waals surface area contributed by atoms with Crippen LogP contribution < -0.4 is 11.1 Å². The summed E-state index contributed by atoms with van der Waals surface area (Å²) in [6.45, 7) is 0.674. The summed E-state index contributed by atoms with van der Waals surface area (Å²) in [5.41, 5.74) is 6.32. The number of alkyl halides is 3. The van der Waals surface area contributed by atoms with Crippen LogP contribution in [0, 0.1) is 5.92 Å². The number of hydrogen-bond donors (Lipinski definition) is 2. The van der Waals surface area contributed by atoms with Gasteiger partial charge in [-0.3, -0.25) is 4.90 Å². The Morgan fingerprint density at radius 3 is 2.90 bits per heavy atom. The van der Waals surface area contributed by atoms with Gasteiger partial charge in [-0.2, -0.15) is 13.2 Å². The van der Waals surface area contributed by atoms with Gasteiger partial charge in [-0.15, -0.1) is 0 Å². The fourth-order valence-corrected chi connectivity index (χ4v) is 2.67. The summed E-state index contributed by atoms with van der Waals surface area (Å²) in [6.07, 6.45) is -1.75. The monoisotopic (exact) mass is 352 g/mol. The van der Waals surface area contributed by atoms with Gasteiger partial charge in [0.05, 0.1) is 12.2 Å². The van der Waals surface area contributed by atoms with E-state index in [4.69, 9.17) is 5.73 Å². The highest BCUT2D eigenvalue weighted by atomic mass is 79.9. The van der Waals surface area contributed by atoms with Gasteiger partial charge in [0.1, 0.15) is 5.82 Å². The number of nitrogens with two attached hydrogens (primary N) is 1. The Morgan fingerprint density at radius 2 is 2.25 bits per heavy atom. The maximum absolute atomic E-state index is 12.3. The maximum Gasteiger partial charge on any atom is 0.401 e. The predicted molar refractivity (Wildman–Crippen MR) is 75.4 cm³/mol. The van der Waals surface area contributed by atoms with Gasteiger partial charge in [0, 0.05) is 23.8 Å². The van der Waals surface area contributed by atoms with Crippen LogP contribution in [-0.4, -0.2) is 42.2 Å². The van der Waals surface area contributed by atoms with Gasteiger partial charge in [0.2, 0.25) is 0 Å². The topological polar surface area (TPSA) is 54.2 Å². The summed E-state index contributed by atoms with van der Waals surface area (Å²) >= 11 is 3.27. The zero-order valence-electron chi connectivity index (χ0n) is 10.8. The zero-order valence-corrected chi connectivity index (χ0v) is 12.3. The molecule has 1 saturated heterocycles. The summed E-state index contributed by atoms with van der Waals surface area (Å²) in [4.78, 5) is 5.58. The molecule has 1 atom stereocenters. The molecule has 1 aliphatic heterocycles. The van der Waals surface area contributed by atoms with Gasteiger partial charge >= 0.3 is 6.18 Å². The molecule has 0 aliphatic carbocycles. The van der Waals surface area contributed by atoms with Gasteiger partial charge in [-0.25, -0.2) is 4.98 Å². The Labute approximate surface area is 123 Å². The average Bonchev–Trinajstić information content (AvgIpc) is 2.73. The Bertz CT molecular complexity index is 467. The Kier molecular flexibility index (Phi) is 4.74. The zero-order chi connectivity index (χ0) is 14.8. The summed E-state index contributed by atoms with van der Waals surface area (Å²) in [5.74, 6) is 0.754. The molecule has 112 valence electrons. The molecule has 4 nitrogen and oxygen atoms in total. The summed E-state index contributed by atoms with van der Waals surface area (Å²) in [6, 6.07) is 1.74. The normalized spacial score (nSPS) is 20.3. The summed E-state index contributed by atoms with van der Waals surface area (Å²) < 4.78 is 37.7. The van der Waals surface area contributed by atoms with E-state index in [0.717, 1.165) is 10.9 Å². The van der Waals surface area contributed by atoms with Crippen LogP contribution in [0.5, 0.6) is 0 Å². The molecule has 2 heterocycles. The van der Waals surface area contributed by atoms with Crippen molar-refractivity contribution in [3.8, 4) is 0 Å². The third-order valence-corrected chi connectivity index (χ3v) is 3.65. The first-order chi connectivity index (χ1) is 9.33. The van der Waals surface area contributed by atoms with E-state index in [2.05, 4.69) is 26.2 Å². The highest BCUT2D eigenvalue weighted by Crippen LogP contribution is 2.24. The first-order valence-electron chi connectivity index (χ1n) is 6.27. The van der Waals surface area contributed by atoms with Crippen LogP contribution in [0.3, 0.4) is 0 Å². The van der Waals surface area contributed by atoms with Crippen LogP contribution in [0.25, 0.3) is 0 Å². The van der Waals surface area contributed by atoms with E-state index in [-0.39, 0.29) is 5.92 Å². The molecule has 2 rings (SSSR count). The second kappa shape index (κ2) is 6.17. The van der Waals surface area contributed by atoms with E-state index in [1.54, 1.807) is 12.3 Å². The maximum atomic E-state index is 12.3. The van der Waals surface area contributed by atoms with Gasteiger partial charge in [-0.1, -0.05) is 0 Å². The van der Waals surface area contributed by atoms with Crippen LogP contribution in [0.15, 0.2) is 16.7 Å². The van der Waals surface area contributed by atoms with Crippen molar-refractivity contribution in [3.05, 3.63) is 16.7 Å². The molecule has 1 aromatic rings. The van der Waals surface area contributed by atoms with Gasteiger partial charge in [0.15, 0.2) is 0 Å². The van der Waals surface area contributed by atoms with E-state index in [1.165, 1.54) is 4.90 Å². The highest BCUT2D eigenvalue weighted by molar-refractivity contribution is 9.10. The molecule has 3 N–H and O–H groups in total. The van der Waals surface area contributed by atoms with Crippen LogP contribution in [0.1, 0.15) is 6.42 Å². The standard InChI is InChI=1S/C12H16BrF3N4/c13-9-3-10(17)11(19-5-9)18-4-8-1-2-20(6-8)7-12(14,15)16/h3,5,8H,1-2,4,6-7,17H2,(H,18,19). The van der Waals surface area contributed by atoms with Crippen LogP contribution in [-0.2, 0) is 0 Å². The number of aromatic nitrogens is 1. The molecule has 1 fully saturated rings. The number of nitrogens with zero attached hydrogens (tertiary/aromatic N) is 2. The summed E-state index contributed by atoms with van der Waals surface area (Å²) in [7, 11) is 0. The van der Waals surface area contributed by atoms with E-state index < -0.39 is 12.7 Å². The van der Waals surface area contributed by atoms with Crippen molar-refractivity contribution >= 4 is 27.4 Å². The van der Waals surface area contributed by atoms with Crippen molar-refractivity contribution in [2.24, 2.45) is 5.92 Å². The fraction of sp³-hybridized carbons (Fsp3) is 0.583. The van der Waals surface area contributed by atoms with Crippen LogP contribution >= 0.6 is 15.9 Å². The predicted octanol–water partition coefficient (Wildman–Crippen LogP) is 2.72. The number of hydrogen-bond acceptors (Lipinski definition) is 4. The van der Waals surface area contributed by atoms with E-state index in [9.17, 15) is 13.2 Å². The van der Waals surface area contributed by atoms with Crippen LogP contribution in [0.2, 0.25) is 0 Å². The quantitative estimate of drug-likeness (QED) is 0.874.